The maximum Gasteiger partial charge on any atom is 0.153 e. The fourth-order valence-electron chi connectivity index (χ4n) is 2.18. The minimum Gasteiger partial charge on any atom is -0.466 e. The molecule has 0 aliphatic heterocycles. The van der Waals surface area contributed by atoms with E-state index in [4.69, 9.17) is 14.6 Å². The highest BCUT2D eigenvalue weighted by atomic mass is 32.1. The van der Waals surface area contributed by atoms with Crippen molar-refractivity contribution in [3.05, 3.63) is 63.9 Å². The molecule has 3 rings (SSSR count). The lowest BCUT2D eigenvalue weighted by Gasteiger charge is -2.02. The highest BCUT2D eigenvalue weighted by Gasteiger charge is 2.13. The van der Waals surface area contributed by atoms with Gasteiger partial charge in [0, 0.05) is 25.2 Å². The number of halogens is 2. The molecular formula is C17H15F2N3O2S. The Bertz CT molecular complexity index is 940. The van der Waals surface area contributed by atoms with Gasteiger partial charge in [-0.25, -0.2) is 8.78 Å². The Morgan fingerprint density at radius 2 is 2.08 bits per heavy atom. The van der Waals surface area contributed by atoms with Crippen LogP contribution in [-0.2, 0) is 17.8 Å². The van der Waals surface area contributed by atoms with E-state index < -0.39 is 11.6 Å². The molecule has 0 saturated carbocycles. The number of aromatic nitrogens is 2. The summed E-state index contributed by atoms with van der Waals surface area (Å²) in [5, 5.41) is 17.5. The van der Waals surface area contributed by atoms with E-state index in [1.165, 1.54) is 29.7 Å². The maximum atomic E-state index is 13.7. The van der Waals surface area contributed by atoms with E-state index in [9.17, 15) is 8.78 Å². The highest BCUT2D eigenvalue weighted by molar-refractivity contribution is 7.14. The molecule has 0 bridgehead atoms. The van der Waals surface area contributed by atoms with Gasteiger partial charge in [0.25, 0.3) is 0 Å². The Labute approximate surface area is 146 Å². The van der Waals surface area contributed by atoms with Crippen molar-refractivity contribution >= 4 is 11.3 Å². The van der Waals surface area contributed by atoms with Gasteiger partial charge in [0.1, 0.15) is 35.3 Å². The van der Waals surface area contributed by atoms with Gasteiger partial charge in [-0.1, -0.05) is 17.4 Å². The summed E-state index contributed by atoms with van der Waals surface area (Å²) in [5.74, 6) is -0.686. The van der Waals surface area contributed by atoms with Crippen LogP contribution in [0, 0.1) is 17.0 Å². The molecule has 0 aliphatic rings. The van der Waals surface area contributed by atoms with Crippen LogP contribution in [-0.4, -0.2) is 16.8 Å². The van der Waals surface area contributed by atoms with Crippen molar-refractivity contribution in [3.63, 3.8) is 0 Å². The lowest BCUT2D eigenvalue weighted by Crippen LogP contribution is -2.05. The lowest BCUT2D eigenvalue weighted by atomic mass is 10.1. The molecule has 0 amide bonds. The van der Waals surface area contributed by atoms with Gasteiger partial charge in [-0.05, 0) is 18.6 Å². The molecule has 1 aromatic carbocycles. The number of benzene rings is 1. The van der Waals surface area contributed by atoms with Crippen LogP contribution in [0.2, 0.25) is 0 Å². The van der Waals surface area contributed by atoms with E-state index in [0.717, 1.165) is 6.07 Å². The Hall–Kier alpha value is -2.45. The summed E-state index contributed by atoms with van der Waals surface area (Å²) in [4.78, 5) is 0. The topological polar surface area (TPSA) is 72.0 Å². The first-order valence-electron chi connectivity index (χ1n) is 7.57. The first-order valence-corrected chi connectivity index (χ1v) is 8.39. The third-order valence-electron chi connectivity index (χ3n) is 3.43. The second-order valence-electron chi connectivity index (χ2n) is 5.22. The van der Waals surface area contributed by atoms with Gasteiger partial charge in [0.05, 0.1) is 10.9 Å². The third-order valence-corrected chi connectivity index (χ3v) is 4.38. The van der Waals surface area contributed by atoms with Crippen LogP contribution >= 0.6 is 11.3 Å². The second kappa shape index (κ2) is 7.62. The van der Waals surface area contributed by atoms with Gasteiger partial charge in [-0.3, -0.25) is 5.41 Å². The first-order chi connectivity index (χ1) is 12.1. The largest absolute Gasteiger partial charge is 0.466 e. The summed E-state index contributed by atoms with van der Waals surface area (Å²) in [6, 6.07) is 5.01. The molecule has 0 radical (unpaired) electrons. The second-order valence-corrected chi connectivity index (χ2v) is 6.29. The van der Waals surface area contributed by atoms with E-state index in [1.807, 2.05) is 6.92 Å². The highest BCUT2D eigenvalue weighted by Crippen LogP contribution is 2.23. The van der Waals surface area contributed by atoms with Gasteiger partial charge in [0.2, 0.25) is 0 Å². The van der Waals surface area contributed by atoms with Crippen molar-refractivity contribution in [1.82, 2.24) is 10.2 Å². The average molecular weight is 363 g/mol. The van der Waals surface area contributed by atoms with Crippen LogP contribution in [0.25, 0.3) is 10.6 Å². The van der Waals surface area contributed by atoms with Gasteiger partial charge < -0.3 is 9.15 Å². The molecule has 130 valence electrons. The Morgan fingerprint density at radius 1 is 1.24 bits per heavy atom. The molecule has 2 heterocycles. The summed E-state index contributed by atoms with van der Waals surface area (Å²) in [6.45, 7) is 2.74. The van der Waals surface area contributed by atoms with Crippen molar-refractivity contribution in [1.29, 1.82) is 5.41 Å². The molecular weight excluding hydrogens is 348 g/mol. The van der Waals surface area contributed by atoms with Gasteiger partial charge in [-0.15, -0.1) is 10.2 Å². The zero-order valence-electron chi connectivity index (χ0n) is 13.4. The number of nitrogens with zero attached hydrogens (tertiary/aromatic N) is 2. The smallest absolute Gasteiger partial charge is 0.153 e. The van der Waals surface area contributed by atoms with Crippen LogP contribution in [0.3, 0.4) is 0 Å². The molecule has 5 nitrogen and oxygen atoms in total. The fourth-order valence-corrected chi connectivity index (χ4v) is 3.06. The number of rotatable bonds is 6. The zero-order chi connectivity index (χ0) is 17.8. The predicted molar refractivity (Wildman–Crippen MR) is 88.0 cm³/mol. The van der Waals surface area contributed by atoms with E-state index >= 15 is 0 Å². The molecule has 2 aromatic heterocycles. The maximum absolute atomic E-state index is 13.7. The van der Waals surface area contributed by atoms with Gasteiger partial charge >= 0.3 is 0 Å². The summed E-state index contributed by atoms with van der Waals surface area (Å²) in [6.07, 6.45) is 1.65. The quantitative estimate of drug-likeness (QED) is 0.725. The van der Waals surface area contributed by atoms with Crippen LogP contribution in [0.15, 0.2) is 34.9 Å². The molecule has 0 atom stereocenters. The zero-order valence-corrected chi connectivity index (χ0v) is 14.2. The van der Waals surface area contributed by atoms with E-state index in [-0.39, 0.29) is 11.8 Å². The van der Waals surface area contributed by atoms with Crippen LogP contribution in [0.5, 0.6) is 0 Å². The number of nitrogens with one attached hydrogen (secondary N) is 1. The van der Waals surface area contributed by atoms with Crippen LogP contribution in [0.1, 0.15) is 23.3 Å². The predicted octanol–water partition coefficient (Wildman–Crippen LogP) is 3.68. The van der Waals surface area contributed by atoms with Gasteiger partial charge in [0.15, 0.2) is 5.01 Å². The number of ether oxygens (including phenoxy) is 1. The lowest BCUT2D eigenvalue weighted by molar-refractivity contribution is 0.117. The molecule has 0 spiro atoms. The minimum absolute atomic E-state index is 0.205. The molecule has 8 heteroatoms. The number of hydrogen-bond donors (Lipinski definition) is 1. The van der Waals surface area contributed by atoms with Crippen molar-refractivity contribution in [2.24, 2.45) is 0 Å². The monoisotopic (exact) mass is 363 g/mol. The number of hydrogen-bond acceptors (Lipinski definition) is 6. The Morgan fingerprint density at radius 3 is 2.80 bits per heavy atom. The van der Waals surface area contributed by atoms with Crippen molar-refractivity contribution in [2.45, 2.75) is 20.0 Å². The molecule has 0 unspecified atom stereocenters. The normalized spacial score (nSPS) is 11.0. The Balaban J connectivity index is 1.80. The summed E-state index contributed by atoms with van der Waals surface area (Å²) in [7, 11) is 0. The van der Waals surface area contributed by atoms with E-state index in [1.54, 1.807) is 6.07 Å². The van der Waals surface area contributed by atoms with Crippen molar-refractivity contribution < 1.29 is 17.9 Å². The van der Waals surface area contributed by atoms with E-state index in [0.29, 0.717) is 40.1 Å². The molecule has 25 heavy (non-hydrogen) atoms. The minimum atomic E-state index is -0.619. The summed E-state index contributed by atoms with van der Waals surface area (Å²) in [5.41, 5.74) is 0.843. The van der Waals surface area contributed by atoms with Crippen molar-refractivity contribution in [3.8, 4) is 10.6 Å². The average Bonchev–Trinajstić information content (AvgIpc) is 3.04. The van der Waals surface area contributed by atoms with E-state index in [2.05, 4.69) is 10.2 Å². The van der Waals surface area contributed by atoms with Crippen LogP contribution < -0.4 is 5.36 Å². The molecule has 0 aliphatic carbocycles. The van der Waals surface area contributed by atoms with Crippen molar-refractivity contribution in [2.75, 3.05) is 6.61 Å². The SMILES string of the molecule is CCOCc1cc(=N)c(-c2nnc(Cc3ccc(F)cc3F)s2)co1. The summed E-state index contributed by atoms with van der Waals surface area (Å²) >= 11 is 1.24. The first kappa shape index (κ1) is 17.4. The standard InChI is InChI=1S/C17H15F2N3O2S/c1-2-23-8-12-7-15(20)13(9-24-12)17-22-21-16(25-17)5-10-3-4-11(18)6-14(10)19/h3-4,6-7,9,20H,2,5,8H2,1H3. The molecule has 1 N–H and O–H groups in total. The summed E-state index contributed by atoms with van der Waals surface area (Å²) < 4.78 is 37.4. The molecule has 0 saturated heterocycles. The Kier molecular flexibility index (Phi) is 5.30. The fraction of sp³-hybridized carbons (Fsp3) is 0.235. The van der Waals surface area contributed by atoms with Gasteiger partial charge in [-0.2, -0.15) is 0 Å². The molecule has 0 fully saturated rings. The third kappa shape index (κ3) is 4.15. The van der Waals surface area contributed by atoms with Crippen LogP contribution in [0.4, 0.5) is 8.78 Å². The molecule has 3 aromatic rings.